The molecule has 1 heterocycles. The van der Waals surface area contributed by atoms with Gasteiger partial charge in [0.1, 0.15) is 0 Å². The van der Waals surface area contributed by atoms with E-state index >= 15 is 0 Å². The Balaban J connectivity index is 1.03. The molecule has 0 bridgehead atoms. The molecule has 0 aliphatic heterocycles. The molecule has 0 radical (unpaired) electrons. The first kappa shape index (κ1) is 35.5. The quantitative estimate of drug-likeness (QED) is 0.150. The van der Waals surface area contributed by atoms with Crippen LogP contribution in [0.5, 0.6) is 0 Å². The summed E-state index contributed by atoms with van der Waals surface area (Å²) < 4.78 is 2.38. The van der Waals surface area contributed by atoms with Crippen molar-refractivity contribution < 1.29 is 0 Å². The van der Waals surface area contributed by atoms with E-state index < -0.39 is 0 Å². The number of hydrogen-bond donors (Lipinski definition) is 0. The summed E-state index contributed by atoms with van der Waals surface area (Å²) in [6, 6.07) is 72.1. The van der Waals surface area contributed by atoms with Crippen LogP contribution < -0.4 is 4.90 Å². The molecular weight excluding hydrogens is 713 g/mol. The molecule has 1 aromatic heterocycles. The molecule has 3 atom stereocenters. The molecule has 8 aromatic carbocycles. The van der Waals surface area contributed by atoms with Crippen LogP contribution in [-0.2, 0) is 5.41 Å². The van der Waals surface area contributed by atoms with E-state index in [1.165, 1.54) is 97.8 Å². The molecule has 2 aliphatic rings. The van der Waals surface area contributed by atoms with Crippen LogP contribution in [0.4, 0.5) is 17.1 Å². The van der Waals surface area contributed by atoms with Crippen molar-refractivity contribution >= 4 is 38.9 Å². The minimum Gasteiger partial charge on any atom is -0.310 e. The number of anilines is 3. The van der Waals surface area contributed by atoms with Crippen LogP contribution in [0, 0.1) is 11.8 Å². The first-order valence-corrected chi connectivity index (χ1v) is 21.5. The Hall–Kier alpha value is -6.64. The lowest BCUT2D eigenvalue weighted by Gasteiger charge is -2.35. The van der Waals surface area contributed by atoms with E-state index in [1.807, 2.05) is 0 Å². The second-order valence-electron chi connectivity index (χ2n) is 17.0. The van der Waals surface area contributed by atoms with E-state index in [9.17, 15) is 0 Å². The van der Waals surface area contributed by atoms with Crippen molar-refractivity contribution in [3.8, 4) is 39.1 Å². The summed E-state index contributed by atoms with van der Waals surface area (Å²) in [4.78, 5) is 2.47. The van der Waals surface area contributed by atoms with Gasteiger partial charge in [-0.2, -0.15) is 0 Å². The Bertz CT molecular complexity index is 2960. The highest BCUT2D eigenvalue weighted by Crippen LogP contribution is 2.62. The van der Waals surface area contributed by atoms with Gasteiger partial charge < -0.3 is 9.47 Å². The summed E-state index contributed by atoms with van der Waals surface area (Å²) in [6.45, 7) is 4.84. The normalized spacial score (nSPS) is 18.1. The van der Waals surface area contributed by atoms with E-state index in [4.69, 9.17) is 0 Å². The zero-order valence-electron chi connectivity index (χ0n) is 33.9. The molecule has 0 amide bonds. The maximum absolute atomic E-state index is 2.56. The van der Waals surface area contributed by atoms with E-state index in [0.29, 0.717) is 11.8 Å². The second kappa shape index (κ2) is 14.3. The van der Waals surface area contributed by atoms with Crippen molar-refractivity contribution in [2.24, 2.45) is 11.8 Å². The Morgan fingerprint density at radius 3 is 1.83 bits per heavy atom. The van der Waals surface area contributed by atoms with Crippen LogP contribution in [0.25, 0.3) is 60.9 Å². The lowest BCUT2D eigenvalue weighted by molar-refractivity contribution is 0.355. The van der Waals surface area contributed by atoms with E-state index in [-0.39, 0.29) is 5.41 Å². The number of benzene rings is 8. The van der Waals surface area contributed by atoms with Gasteiger partial charge in [-0.15, -0.1) is 0 Å². The Morgan fingerprint density at radius 1 is 0.508 bits per heavy atom. The van der Waals surface area contributed by atoms with E-state index in [1.54, 1.807) is 5.56 Å². The number of para-hydroxylation sites is 2. The first-order chi connectivity index (χ1) is 29.1. The van der Waals surface area contributed by atoms with Gasteiger partial charge in [0.2, 0.25) is 0 Å². The molecule has 3 unspecified atom stereocenters. The largest absolute Gasteiger partial charge is 0.310 e. The molecule has 1 saturated carbocycles. The average molecular weight is 761 g/mol. The fraction of sp³-hybridized carbons (Fsp3) is 0.158. The van der Waals surface area contributed by atoms with Crippen LogP contribution in [0.1, 0.15) is 50.7 Å². The van der Waals surface area contributed by atoms with Gasteiger partial charge >= 0.3 is 0 Å². The molecule has 59 heavy (non-hydrogen) atoms. The third-order valence-corrected chi connectivity index (χ3v) is 13.5. The van der Waals surface area contributed by atoms with Crippen molar-refractivity contribution in [1.82, 2.24) is 4.57 Å². The highest BCUT2D eigenvalue weighted by molar-refractivity contribution is 6.10. The second-order valence-corrected chi connectivity index (χ2v) is 17.0. The minimum atomic E-state index is 0.0480. The minimum absolute atomic E-state index is 0.0480. The Kier molecular flexibility index (Phi) is 8.62. The molecule has 2 aliphatic carbocycles. The van der Waals surface area contributed by atoms with Crippen molar-refractivity contribution in [3.63, 3.8) is 0 Å². The van der Waals surface area contributed by atoms with Gasteiger partial charge in [-0.1, -0.05) is 148 Å². The van der Waals surface area contributed by atoms with Crippen LogP contribution in [0.3, 0.4) is 0 Å². The van der Waals surface area contributed by atoms with Crippen molar-refractivity contribution in [2.75, 3.05) is 4.90 Å². The molecular formula is C57H48N2. The standard InChI is InChI=1S/C57H48N2/c1-3-14-44-35-39(2)38-57(44)53-21-12-10-19-49(53)50-33-32-48(37-54(50)57)58(46-28-23-41(24-29-46)40-15-6-4-7-16-40)47-30-25-42(26-31-47)43-27-34-56-52(36-43)51-20-11-13-22-55(51)59(56)45-17-8-5-9-18-45/h4-13,15-34,36-37,39,44H,3,14,35,38H2,1-2H3. The van der Waals surface area contributed by atoms with Gasteiger partial charge in [-0.25, -0.2) is 0 Å². The summed E-state index contributed by atoms with van der Waals surface area (Å²) in [5.74, 6) is 1.33. The number of rotatable bonds is 8. The molecule has 1 spiro atoms. The predicted molar refractivity (Wildman–Crippen MR) is 249 cm³/mol. The van der Waals surface area contributed by atoms with Crippen molar-refractivity contribution in [3.05, 3.63) is 205 Å². The van der Waals surface area contributed by atoms with Gasteiger partial charge in [0.15, 0.2) is 0 Å². The highest BCUT2D eigenvalue weighted by Gasteiger charge is 2.52. The zero-order chi connectivity index (χ0) is 39.5. The third kappa shape index (κ3) is 5.76. The topological polar surface area (TPSA) is 8.17 Å². The van der Waals surface area contributed by atoms with Gasteiger partial charge in [0, 0.05) is 38.9 Å². The van der Waals surface area contributed by atoms with Crippen LogP contribution in [0.15, 0.2) is 194 Å². The first-order valence-electron chi connectivity index (χ1n) is 21.5. The summed E-state index contributed by atoms with van der Waals surface area (Å²) >= 11 is 0. The Labute approximate surface area is 348 Å². The summed E-state index contributed by atoms with van der Waals surface area (Å²) in [5.41, 5.74) is 18.0. The number of aromatic nitrogens is 1. The SMILES string of the molecule is CCCC1CC(C)CC12c1ccccc1-c1ccc(N(c3ccc(-c4ccccc4)cc3)c3ccc(-c4ccc5c(c4)c4ccccc4n5-c4ccccc4)cc3)cc12. The maximum atomic E-state index is 2.56. The lowest BCUT2D eigenvalue weighted by Crippen LogP contribution is -2.30. The lowest BCUT2D eigenvalue weighted by atomic mass is 9.68. The fourth-order valence-corrected chi connectivity index (χ4v) is 11.1. The molecule has 2 heteroatoms. The third-order valence-electron chi connectivity index (χ3n) is 13.5. The van der Waals surface area contributed by atoms with Crippen LogP contribution in [-0.4, -0.2) is 4.57 Å². The smallest absolute Gasteiger partial charge is 0.0541 e. The summed E-state index contributed by atoms with van der Waals surface area (Å²) in [7, 11) is 0. The van der Waals surface area contributed by atoms with E-state index in [0.717, 1.165) is 11.4 Å². The molecule has 0 N–H and O–H groups in total. The van der Waals surface area contributed by atoms with Gasteiger partial charge in [-0.3, -0.25) is 0 Å². The summed E-state index contributed by atoms with van der Waals surface area (Å²) in [6.07, 6.45) is 4.97. The highest BCUT2D eigenvalue weighted by atomic mass is 15.1. The van der Waals surface area contributed by atoms with E-state index in [2.05, 4.69) is 217 Å². The van der Waals surface area contributed by atoms with Crippen LogP contribution >= 0.6 is 0 Å². The fourth-order valence-electron chi connectivity index (χ4n) is 11.1. The zero-order valence-corrected chi connectivity index (χ0v) is 33.9. The molecule has 9 aromatic rings. The number of nitrogens with zero attached hydrogens (tertiary/aromatic N) is 2. The van der Waals surface area contributed by atoms with Crippen molar-refractivity contribution in [2.45, 2.75) is 44.9 Å². The number of fused-ring (bicyclic) bond motifs is 8. The average Bonchev–Trinajstić information content (AvgIpc) is 3.91. The van der Waals surface area contributed by atoms with Gasteiger partial charge in [0.25, 0.3) is 0 Å². The monoisotopic (exact) mass is 760 g/mol. The molecule has 1 fully saturated rings. The van der Waals surface area contributed by atoms with Gasteiger partial charge in [0.05, 0.1) is 11.0 Å². The maximum Gasteiger partial charge on any atom is 0.0541 e. The molecule has 286 valence electrons. The Morgan fingerprint density at radius 2 is 1.08 bits per heavy atom. The molecule has 2 nitrogen and oxygen atoms in total. The van der Waals surface area contributed by atoms with Crippen molar-refractivity contribution in [1.29, 1.82) is 0 Å². The van der Waals surface area contributed by atoms with Crippen LogP contribution in [0.2, 0.25) is 0 Å². The molecule has 0 saturated heterocycles. The predicted octanol–water partition coefficient (Wildman–Crippen LogP) is 15.7. The van der Waals surface area contributed by atoms with Gasteiger partial charge in [-0.05, 0) is 142 Å². The number of hydrogen-bond acceptors (Lipinski definition) is 1. The summed E-state index contributed by atoms with van der Waals surface area (Å²) in [5, 5.41) is 2.53. The molecule has 11 rings (SSSR count).